The fraction of sp³-hybridized carbons (Fsp3) is 0.316. The number of rotatable bonds is 3. The third-order valence-electron chi connectivity index (χ3n) is 4.23. The molecular formula is C19H22N2O5S. The highest BCUT2D eigenvalue weighted by Crippen LogP contribution is 2.39. The van der Waals surface area contributed by atoms with Crippen LogP contribution in [0, 0.1) is 6.92 Å². The molecule has 0 saturated carbocycles. The lowest BCUT2D eigenvalue weighted by Crippen LogP contribution is -2.48. The average Bonchev–Trinajstić information content (AvgIpc) is 2.55. The molecule has 0 fully saturated rings. The molecule has 1 aliphatic rings. The standard InChI is InChI=1S/C19H22N2O5S/c1-12-5-7-17(23)15(9-12)20-27(24,25)14-6-8-18-16(10-14)21(13(2)22)11-19(3,4)26-18/h5-10,20,23H,11H2,1-4H3. The fourth-order valence-corrected chi connectivity index (χ4v) is 4.06. The summed E-state index contributed by atoms with van der Waals surface area (Å²) in [6, 6.07) is 8.99. The molecule has 0 bridgehead atoms. The molecule has 7 nitrogen and oxygen atoms in total. The number of fused-ring (bicyclic) bond motifs is 1. The molecule has 0 aliphatic carbocycles. The number of amides is 1. The molecule has 0 aromatic heterocycles. The van der Waals surface area contributed by atoms with Gasteiger partial charge in [-0.3, -0.25) is 9.52 Å². The topological polar surface area (TPSA) is 95.9 Å². The molecule has 2 N–H and O–H groups in total. The van der Waals surface area contributed by atoms with Gasteiger partial charge in [-0.2, -0.15) is 0 Å². The summed E-state index contributed by atoms with van der Waals surface area (Å²) in [7, 11) is -3.97. The number of benzene rings is 2. The Hall–Kier alpha value is -2.74. The lowest BCUT2D eigenvalue weighted by atomic mass is 10.1. The molecule has 0 atom stereocenters. The first kappa shape index (κ1) is 19.0. The lowest BCUT2D eigenvalue weighted by Gasteiger charge is -2.39. The number of aromatic hydroxyl groups is 1. The number of carbonyl (C=O) groups is 1. The molecule has 0 radical (unpaired) electrons. The van der Waals surface area contributed by atoms with E-state index in [2.05, 4.69) is 4.72 Å². The Morgan fingerprint density at radius 3 is 2.59 bits per heavy atom. The van der Waals surface area contributed by atoms with E-state index in [9.17, 15) is 18.3 Å². The third kappa shape index (κ3) is 3.85. The van der Waals surface area contributed by atoms with Gasteiger partial charge in [0.1, 0.15) is 17.1 Å². The summed E-state index contributed by atoms with van der Waals surface area (Å²) in [5, 5.41) is 9.91. The Kier molecular flexibility index (Phi) is 4.55. The van der Waals surface area contributed by atoms with Crippen LogP contribution in [0.5, 0.6) is 11.5 Å². The maximum atomic E-state index is 12.8. The second-order valence-corrected chi connectivity index (χ2v) is 8.90. The number of aryl methyl sites for hydroxylation is 1. The van der Waals surface area contributed by atoms with Gasteiger partial charge in [0, 0.05) is 6.92 Å². The van der Waals surface area contributed by atoms with E-state index in [-0.39, 0.29) is 22.2 Å². The average molecular weight is 390 g/mol. The van der Waals surface area contributed by atoms with Crippen molar-refractivity contribution in [1.82, 2.24) is 0 Å². The van der Waals surface area contributed by atoms with Crippen LogP contribution in [-0.4, -0.2) is 31.6 Å². The minimum atomic E-state index is -3.97. The Morgan fingerprint density at radius 1 is 1.22 bits per heavy atom. The van der Waals surface area contributed by atoms with Crippen molar-refractivity contribution in [3.05, 3.63) is 42.0 Å². The van der Waals surface area contributed by atoms with Crippen molar-refractivity contribution in [3.63, 3.8) is 0 Å². The van der Waals surface area contributed by atoms with Crippen molar-refractivity contribution >= 4 is 27.3 Å². The normalized spacial score (nSPS) is 15.6. The number of anilines is 2. The van der Waals surface area contributed by atoms with E-state index in [0.29, 0.717) is 18.0 Å². The Balaban J connectivity index is 2.02. The highest BCUT2D eigenvalue weighted by Gasteiger charge is 2.34. The number of nitrogens with one attached hydrogen (secondary N) is 1. The predicted octanol–water partition coefficient (Wildman–Crippen LogP) is 3.03. The molecule has 0 saturated heterocycles. The van der Waals surface area contributed by atoms with Gasteiger partial charge < -0.3 is 14.7 Å². The minimum Gasteiger partial charge on any atom is -0.506 e. The van der Waals surface area contributed by atoms with Gasteiger partial charge >= 0.3 is 0 Å². The van der Waals surface area contributed by atoms with Crippen LogP contribution < -0.4 is 14.4 Å². The molecule has 8 heteroatoms. The summed E-state index contributed by atoms with van der Waals surface area (Å²) in [5.41, 5.74) is 0.714. The number of ether oxygens (including phenoxy) is 1. The van der Waals surface area contributed by atoms with Gasteiger partial charge in [0.2, 0.25) is 5.91 Å². The molecule has 1 amide bonds. The van der Waals surface area contributed by atoms with Gasteiger partial charge in [0.15, 0.2) is 0 Å². The Bertz CT molecular complexity index is 1010. The largest absolute Gasteiger partial charge is 0.506 e. The predicted molar refractivity (Wildman–Crippen MR) is 103 cm³/mol. The number of sulfonamides is 1. The van der Waals surface area contributed by atoms with Crippen LogP contribution in [0.3, 0.4) is 0 Å². The van der Waals surface area contributed by atoms with E-state index in [0.717, 1.165) is 5.56 Å². The summed E-state index contributed by atoms with van der Waals surface area (Å²) < 4.78 is 33.8. The van der Waals surface area contributed by atoms with E-state index < -0.39 is 15.6 Å². The van der Waals surface area contributed by atoms with E-state index in [1.165, 1.54) is 36.1 Å². The fourth-order valence-electron chi connectivity index (χ4n) is 2.97. The quantitative estimate of drug-likeness (QED) is 0.786. The Labute approximate surface area is 158 Å². The van der Waals surface area contributed by atoms with Crippen molar-refractivity contribution in [2.45, 2.75) is 38.2 Å². The lowest BCUT2D eigenvalue weighted by molar-refractivity contribution is -0.117. The van der Waals surface area contributed by atoms with Gasteiger partial charge in [0.05, 0.1) is 22.8 Å². The van der Waals surface area contributed by atoms with Gasteiger partial charge in [0.25, 0.3) is 10.0 Å². The number of hydrogen-bond acceptors (Lipinski definition) is 5. The molecule has 2 aromatic carbocycles. The zero-order valence-corrected chi connectivity index (χ0v) is 16.4. The zero-order chi connectivity index (χ0) is 20.0. The summed E-state index contributed by atoms with van der Waals surface area (Å²) >= 11 is 0. The second-order valence-electron chi connectivity index (χ2n) is 7.22. The summed E-state index contributed by atoms with van der Waals surface area (Å²) in [6.45, 7) is 7.25. The number of carbonyl (C=O) groups excluding carboxylic acids is 1. The van der Waals surface area contributed by atoms with Crippen LogP contribution in [0.2, 0.25) is 0 Å². The van der Waals surface area contributed by atoms with E-state index in [4.69, 9.17) is 4.74 Å². The highest BCUT2D eigenvalue weighted by molar-refractivity contribution is 7.92. The van der Waals surface area contributed by atoms with Crippen LogP contribution in [0.15, 0.2) is 41.3 Å². The monoisotopic (exact) mass is 390 g/mol. The molecule has 0 unspecified atom stereocenters. The maximum Gasteiger partial charge on any atom is 0.262 e. The first-order valence-corrected chi connectivity index (χ1v) is 9.90. The number of nitrogens with zero attached hydrogens (tertiary/aromatic N) is 1. The van der Waals surface area contributed by atoms with Crippen LogP contribution in [0.1, 0.15) is 26.3 Å². The van der Waals surface area contributed by atoms with E-state index in [1.807, 2.05) is 13.8 Å². The molecule has 1 heterocycles. The van der Waals surface area contributed by atoms with Crippen molar-refractivity contribution in [3.8, 4) is 11.5 Å². The molecule has 0 spiro atoms. The van der Waals surface area contributed by atoms with Crippen molar-refractivity contribution in [2.24, 2.45) is 0 Å². The zero-order valence-electron chi connectivity index (χ0n) is 15.6. The van der Waals surface area contributed by atoms with Crippen LogP contribution >= 0.6 is 0 Å². The van der Waals surface area contributed by atoms with Crippen LogP contribution in [0.4, 0.5) is 11.4 Å². The summed E-state index contributed by atoms with van der Waals surface area (Å²) in [5.74, 6) is 0.0721. The molecular weight excluding hydrogens is 368 g/mol. The van der Waals surface area contributed by atoms with E-state index >= 15 is 0 Å². The third-order valence-corrected chi connectivity index (χ3v) is 5.60. The van der Waals surface area contributed by atoms with Gasteiger partial charge in [-0.25, -0.2) is 8.42 Å². The first-order chi connectivity index (χ1) is 12.5. The SMILES string of the molecule is CC(=O)N1CC(C)(C)Oc2ccc(S(=O)(=O)Nc3cc(C)ccc3O)cc21. The Morgan fingerprint density at radius 2 is 1.93 bits per heavy atom. The molecule has 1 aliphatic heterocycles. The van der Waals surface area contributed by atoms with Gasteiger partial charge in [-0.15, -0.1) is 0 Å². The van der Waals surface area contributed by atoms with Crippen molar-refractivity contribution < 1.29 is 23.1 Å². The molecule has 27 heavy (non-hydrogen) atoms. The number of hydrogen-bond donors (Lipinski definition) is 2. The minimum absolute atomic E-state index is 0.0308. The van der Waals surface area contributed by atoms with Crippen molar-refractivity contribution in [2.75, 3.05) is 16.2 Å². The molecule has 2 aromatic rings. The maximum absolute atomic E-state index is 12.8. The van der Waals surface area contributed by atoms with Gasteiger partial charge in [-0.1, -0.05) is 6.07 Å². The molecule has 3 rings (SSSR count). The second kappa shape index (κ2) is 6.45. The number of phenols is 1. The first-order valence-electron chi connectivity index (χ1n) is 8.42. The van der Waals surface area contributed by atoms with E-state index in [1.54, 1.807) is 19.1 Å². The highest BCUT2D eigenvalue weighted by atomic mass is 32.2. The summed E-state index contributed by atoms with van der Waals surface area (Å²) in [4.78, 5) is 13.5. The number of phenolic OH excluding ortho intramolecular Hbond substituents is 1. The van der Waals surface area contributed by atoms with Crippen LogP contribution in [-0.2, 0) is 14.8 Å². The van der Waals surface area contributed by atoms with Crippen LogP contribution in [0.25, 0.3) is 0 Å². The smallest absolute Gasteiger partial charge is 0.262 e. The summed E-state index contributed by atoms with van der Waals surface area (Å²) in [6.07, 6.45) is 0. The van der Waals surface area contributed by atoms with Gasteiger partial charge in [-0.05, 0) is 56.7 Å². The van der Waals surface area contributed by atoms with Crippen molar-refractivity contribution in [1.29, 1.82) is 0 Å². The molecule has 144 valence electrons.